The molecular formula is C23H18F2N2O3. The lowest BCUT2D eigenvalue weighted by Gasteiger charge is -2.19. The predicted molar refractivity (Wildman–Crippen MR) is 111 cm³/mol. The van der Waals surface area contributed by atoms with Crippen molar-refractivity contribution in [3.8, 4) is 11.1 Å². The summed E-state index contributed by atoms with van der Waals surface area (Å²) in [6, 6.07) is 9.33. The number of hydrogen-bond donors (Lipinski definition) is 1. The smallest absolute Gasteiger partial charge is 0.341 e. The van der Waals surface area contributed by atoms with Crippen LogP contribution in [0, 0.1) is 11.6 Å². The fraction of sp³-hybridized carbons (Fsp3) is 0.174. The van der Waals surface area contributed by atoms with Gasteiger partial charge < -0.3 is 9.67 Å². The van der Waals surface area contributed by atoms with E-state index in [-0.39, 0.29) is 35.1 Å². The molecule has 5 nitrogen and oxygen atoms in total. The summed E-state index contributed by atoms with van der Waals surface area (Å²) >= 11 is 0. The molecule has 0 spiro atoms. The molecule has 4 rings (SSSR count). The Balaban J connectivity index is 2.14. The van der Waals surface area contributed by atoms with Crippen molar-refractivity contribution in [2.24, 2.45) is 0 Å². The van der Waals surface area contributed by atoms with E-state index in [1.54, 1.807) is 50.4 Å². The van der Waals surface area contributed by atoms with Gasteiger partial charge in [-0.15, -0.1) is 0 Å². The van der Waals surface area contributed by atoms with Crippen molar-refractivity contribution < 1.29 is 18.7 Å². The number of aromatic nitrogens is 2. The Morgan fingerprint density at radius 3 is 2.60 bits per heavy atom. The summed E-state index contributed by atoms with van der Waals surface area (Å²) in [7, 11) is 0. The van der Waals surface area contributed by atoms with Gasteiger partial charge in [0.2, 0.25) is 5.43 Å². The molecule has 0 aliphatic heterocycles. The van der Waals surface area contributed by atoms with Crippen LogP contribution >= 0.6 is 0 Å². The minimum absolute atomic E-state index is 0.0907. The summed E-state index contributed by atoms with van der Waals surface area (Å²) in [5.74, 6) is -3.23. The molecule has 0 saturated carbocycles. The molecule has 0 aliphatic rings. The Hall–Kier alpha value is -3.61. The Morgan fingerprint density at radius 1 is 1.17 bits per heavy atom. The zero-order chi connectivity index (χ0) is 21.6. The normalized spacial score (nSPS) is 11.3. The van der Waals surface area contributed by atoms with Crippen LogP contribution in [0.15, 0.2) is 47.4 Å². The molecule has 2 aromatic carbocycles. The van der Waals surface area contributed by atoms with E-state index < -0.39 is 28.6 Å². The minimum Gasteiger partial charge on any atom is -0.477 e. The first-order valence-electron chi connectivity index (χ1n) is 9.54. The molecule has 0 atom stereocenters. The molecule has 0 aliphatic carbocycles. The second-order valence-electron chi connectivity index (χ2n) is 6.91. The van der Waals surface area contributed by atoms with Crippen LogP contribution in [0.3, 0.4) is 0 Å². The maximum atomic E-state index is 15.7. The number of aryl methyl sites for hydroxylation is 1. The highest BCUT2D eigenvalue weighted by molar-refractivity contribution is 5.96. The lowest BCUT2D eigenvalue weighted by atomic mass is 9.98. The molecule has 0 saturated heterocycles. The van der Waals surface area contributed by atoms with Crippen molar-refractivity contribution in [2.45, 2.75) is 26.8 Å². The summed E-state index contributed by atoms with van der Waals surface area (Å²) < 4.78 is 32.2. The third-order valence-corrected chi connectivity index (χ3v) is 5.31. The van der Waals surface area contributed by atoms with Gasteiger partial charge in [-0.2, -0.15) is 0 Å². The molecule has 0 bridgehead atoms. The van der Waals surface area contributed by atoms with Gasteiger partial charge in [-0.05, 0) is 43.2 Å². The topological polar surface area (TPSA) is 72.2 Å². The number of hydrogen-bond acceptors (Lipinski definition) is 3. The molecule has 4 aromatic rings. The van der Waals surface area contributed by atoms with Crippen LogP contribution in [0.25, 0.3) is 32.9 Å². The van der Waals surface area contributed by atoms with Gasteiger partial charge in [0.25, 0.3) is 0 Å². The third kappa shape index (κ3) is 2.85. The summed E-state index contributed by atoms with van der Waals surface area (Å²) in [6.45, 7) is 3.64. The van der Waals surface area contributed by atoms with Crippen molar-refractivity contribution in [2.75, 3.05) is 0 Å². The Kier molecular flexibility index (Phi) is 4.81. The predicted octanol–water partition coefficient (Wildman–Crippen LogP) is 4.78. The molecule has 1 N–H and O–H groups in total. The summed E-state index contributed by atoms with van der Waals surface area (Å²) in [5, 5.41) is 9.96. The van der Waals surface area contributed by atoms with E-state index in [1.165, 1.54) is 4.57 Å². The van der Waals surface area contributed by atoms with Crippen LogP contribution in [0.5, 0.6) is 0 Å². The van der Waals surface area contributed by atoms with E-state index in [0.717, 1.165) is 11.5 Å². The molecule has 2 heterocycles. The Labute approximate surface area is 170 Å². The van der Waals surface area contributed by atoms with Gasteiger partial charge in [-0.25, -0.2) is 13.6 Å². The number of halogens is 2. The largest absolute Gasteiger partial charge is 0.477 e. The van der Waals surface area contributed by atoms with Crippen LogP contribution in [-0.2, 0) is 13.0 Å². The maximum absolute atomic E-state index is 15.7. The molecular weight excluding hydrogens is 390 g/mol. The highest BCUT2D eigenvalue weighted by Crippen LogP contribution is 2.33. The zero-order valence-corrected chi connectivity index (χ0v) is 16.4. The van der Waals surface area contributed by atoms with E-state index in [4.69, 9.17) is 0 Å². The molecule has 0 radical (unpaired) electrons. The second-order valence-corrected chi connectivity index (χ2v) is 6.91. The van der Waals surface area contributed by atoms with Gasteiger partial charge in [-0.3, -0.25) is 9.78 Å². The van der Waals surface area contributed by atoms with Crippen molar-refractivity contribution in [3.63, 3.8) is 0 Å². The monoisotopic (exact) mass is 408 g/mol. The third-order valence-electron chi connectivity index (χ3n) is 5.31. The van der Waals surface area contributed by atoms with Crippen LogP contribution in [0.2, 0.25) is 0 Å². The number of nitrogens with zero attached hydrogens (tertiary/aromatic N) is 2. The second kappa shape index (κ2) is 7.33. The van der Waals surface area contributed by atoms with Gasteiger partial charge in [0.15, 0.2) is 5.82 Å². The molecule has 152 valence electrons. The molecule has 0 unspecified atom stereocenters. The van der Waals surface area contributed by atoms with Crippen molar-refractivity contribution in [1.29, 1.82) is 0 Å². The quantitative estimate of drug-likeness (QED) is 0.528. The molecule has 0 amide bonds. The molecule has 30 heavy (non-hydrogen) atoms. The Bertz CT molecular complexity index is 1390. The average Bonchev–Trinajstić information content (AvgIpc) is 2.73. The number of carboxylic acid groups (broad SMARTS) is 1. The van der Waals surface area contributed by atoms with Gasteiger partial charge in [0, 0.05) is 23.8 Å². The summed E-state index contributed by atoms with van der Waals surface area (Å²) in [4.78, 5) is 28.7. The van der Waals surface area contributed by atoms with E-state index >= 15 is 8.78 Å². The highest BCUT2D eigenvalue weighted by atomic mass is 19.1. The average molecular weight is 408 g/mol. The lowest BCUT2D eigenvalue weighted by molar-refractivity contribution is 0.0693. The van der Waals surface area contributed by atoms with Crippen LogP contribution in [-0.4, -0.2) is 20.6 Å². The number of carbonyl (C=O) groups is 1. The van der Waals surface area contributed by atoms with Crippen molar-refractivity contribution in [3.05, 3.63) is 75.7 Å². The van der Waals surface area contributed by atoms with E-state index in [2.05, 4.69) is 4.98 Å². The van der Waals surface area contributed by atoms with Crippen LogP contribution in [0.4, 0.5) is 8.78 Å². The number of fused-ring (bicyclic) bond motifs is 2. The van der Waals surface area contributed by atoms with Crippen LogP contribution in [0.1, 0.15) is 29.9 Å². The van der Waals surface area contributed by atoms with Crippen molar-refractivity contribution >= 4 is 27.8 Å². The number of pyridine rings is 2. The van der Waals surface area contributed by atoms with E-state index in [0.29, 0.717) is 11.1 Å². The first-order valence-corrected chi connectivity index (χ1v) is 9.54. The first-order chi connectivity index (χ1) is 14.4. The van der Waals surface area contributed by atoms with Crippen molar-refractivity contribution in [1.82, 2.24) is 9.55 Å². The number of benzene rings is 2. The maximum Gasteiger partial charge on any atom is 0.341 e. The number of rotatable bonds is 4. The van der Waals surface area contributed by atoms with Gasteiger partial charge in [-0.1, -0.05) is 19.1 Å². The Morgan fingerprint density at radius 2 is 1.93 bits per heavy atom. The fourth-order valence-corrected chi connectivity index (χ4v) is 4.01. The van der Waals surface area contributed by atoms with Gasteiger partial charge >= 0.3 is 5.97 Å². The van der Waals surface area contributed by atoms with Gasteiger partial charge in [0.1, 0.15) is 11.4 Å². The zero-order valence-electron chi connectivity index (χ0n) is 16.4. The fourth-order valence-electron chi connectivity index (χ4n) is 4.01. The number of carboxylic acids is 1. The molecule has 7 heteroatoms. The highest BCUT2D eigenvalue weighted by Gasteiger charge is 2.26. The van der Waals surface area contributed by atoms with E-state index in [9.17, 15) is 14.7 Å². The van der Waals surface area contributed by atoms with Gasteiger partial charge in [0.05, 0.1) is 22.0 Å². The summed E-state index contributed by atoms with van der Waals surface area (Å²) in [5.41, 5.74) is -0.481. The lowest BCUT2D eigenvalue weighted by Crippen LogP contribution is -2.25. The molecule has 2 aromatic heterocycles. The van der Waals surface area contributed by atoms with Crippen LogP contribution < -0.4 is 5.43 Å². The SMILES string of the molecule is CCc1c(C(=O)O)c(=O)c2cc(F)c(-c3ccc4ncccc4c3)c(F)c2n1CC. The molecule has 0 fully saturated rings. The van der Waals surface area contributed by atoms with E-state index in [1.807, 2.05) is 0 Å². The first kappa shape index (κ1) is 19.7. The summed E-state index contributed by atoms with van der Waals surface area (Å²) in [6.07, 6.45) is 1.85. The standard InChI is InChI=1S/C23H18F2N2O3/c1-3-17-19(23(29)30)22(28)14-11-15(24)18(20(25)21(14)27(17)4-2)13-7-8-16-12(10-13)6-5-9-26-16/h5-11H,3-4H2,1-2H3,(H,29,30). The number of aromatic carboxylic acids is 1. The minimum atomic E-state index is -1.41.